The molecule has 1 saturated carbocycles. The molecule has 0 spiro atoms. The summed E-state index contributed by atoms with van der Waals surface area (Å²) in [4.78, 5) is 0. The van der Waals surface area contributed by atoms with E-state index in [4.69, 9.17) is 9.47 Å². The number of rotatable bonds is 7. The zero-order chi connectivity index (χ0) is 15.3. The molecular formula is C17H27NO2S. The van der Waals surface area contributed by atoms with Gasteiger partial charge in [-0.2, -0.15) is 11.8 Å². The Labute approximate surface area is 132 Å². The van der Waals surface area contributed by atoms with Gasteiger partial charge in [0.15, 0.2) is 0 Å². The van der Waals surface area contributed by atoms with Crippen molar-refractivity contribution in [3.63, 3.8) is 0 Å². The zero-order valence-corrected chi connectivity index (χ0v) is 14.4. The van der Waals surface area contributed by atoms with Crippen molar-refractivity contribution >= 4 is 11.8 Å². The SMILES string of the molecule is COc1ccc(C(C)NCC2(SC)CCCC2)c(OC)c1. The first-order valence-electron chi connectivity index (χ1n) is 7.64. The van der Waals surface area contributed by atoms with Gasteiger partial charge in [-0.15, -0.1) is 0 Å². The van der Waals surface area contributed by atoms with Crippen molar-refractivity contribution in [3.05, 3.63) is 23.8 Å². The second-order valence-electron chi connectivity index (χ2n) is 5.80. The Hall–Kier alpha value is -0.870. The monoisotopic (exact) mass is 309 g/mol. The van der Waals surface area contributed by atoms with Gasteiger partial charge in [-0.25, -0.2) is 0 Å². The second-order valence-corrected chi connectivity index (χ2v) is 7.08. The molecule has 21 heavy (non-hydrogen) atoms. The second kappa shape index (κ2) is 7.41. The van der Waals surface area contributed by atoms with Gasteiger partial charge in [-0.1, -0.05) is 18.9 Å². The van der Waals surface area contributed by atoms with Crippen molar-refractivity contribution in [3.8, 4) is 11.5 Å². The first-order chi connectivity index (χ1) is 10.1. The summed E-state index contributed by atoms with van der Waals surface area (Å²) in [6, 6.07) is 6.31. The lowest BCUT2D eigenvalue weighted by Crippen LogP contribution is -2.36. The highest BCUT2D eigenvalue weighted by Gasteiger charge is 2.33. The van der Waals surface area contributed by atoms with Crippen molar-refractivity contribution < 1.29 is 9.47 Å². The van der Waals surface area contributed by atoms with Crippen LogP contribution in [0.4, 0.5) is 0 Å². The largest absolute Gasteiger partial charge is 0.497 e. The summed E-state index contributed by atoms with van der Waals surface area (Å²) in [5, 5.41) is 3.70. The number of ether oxygens (including phenoxy) is 2. The van der Waals surface area contributed by atoms with Crippen LogP contribution in [0.5, 0.6) is 11.5 Å². The van der Waals surface area contributed by atoms with Gasteiger partial charge in [0.05, 0.1) is 14.2 Å². The molecule has 3 nitrogen and oxygen atoms in total. The Morgan fingerprint density at radius 3 is 2.52 bits per heavy atom. The van der Waals surface area contributed by atoms with Gasteiger partial charge in [-0.3, -0.25) is 0 Å². The third-order valence-electron chi connectivity index (χ3n) is 4.59. The summed E-state index contributed by atoms with van der Waals surface area (Å²) >= 11 is 2.02. The van der Waals surface area contributed by atoms with Crippen molar-refractivity contribution in [2.24, 2.45) is 0 Å². The predicted molar refractivity (Wildman–Crippen MR) is 90.7 cm³/mol. The smallest absolute Gasteiger partial charge is 0.127 e. The predicted octanol–water partition coefficient (Wildman–Crippen LogP) is 4.03. The van der Waals surface area contributed by atoms with Gasteiger partial charge in [-0.05, 0) is 32.1 Å². The number of methoxy groups -OCH3 is 2. The van der Waals surface area contributed by atoms with Crippen LogP contribution in [-0.2, 0) is 0 Å². The molecule has 0 amide bonds. The van der Waals surface area contributed by atoms with Crippen LogP contribution in [0.15, 0.2) is 18.2 Å². The summed E-state index contributed by atoms with van der Waals surface area (Å²) < 4.78 is 11.2. The third-order valence-corrected chi connectivity index (χ3v) is 6.00. The summed E-state index contributed by atoms with van der Waals surface area (Å²) in [5.74, 6) is 1.72. The Morgan fingerprint density at radius 1 is 1.24 bits per heavy atom. The maximum Gasteiger partial charge on any atom is 0.127 e. The van der Waals surface area contributed by atoms with E-state index < -0.39 is 0 Å². The van der Waals surface area contributed by atoms with E-state index in [1.807, 2.05) is 23.9 Å². The fraction of sp³-hybridized carbons (Fsp3) is 0.647. The molecule has 2 rings (SSSR count). The summed E-state index contributed by atoms with van der Waals surface area (Å²) in [6.07, 6.45) is 7.62. The minimum atomic E-state index is 0.274. The molecule has 4 heteroatoms. The lowest BCUT2D eigenvalue weighted by atomic mass is 10.0. The van der Waals surface area contributed by atoms with Gasteiger partial charge < -0.3 is 14.8 Å². The van der Waals surface area contributed by atoms with Crippen LogP contribution < -0.4 is 14.8 Å². The average Bonchev–Trinajstić information content (AvgIpc) is 3.01. The molecule has 0 aliphatic heterocycles. The quantitative estimate of drug-likeness (QED) is 0.824. The topological polar surface area (TPSA) is 30.5 Å². The van der Waals surface area contributed by atoms with Crippen molar-refractivity contribution in [1.82, 2.24) is 5.32 Å². The van der Waals surface area contributed by atoms with Crippen LogP contribution in [0.25, 0.3) is 0 Å². The van der Waals surface area contributed by atoms with E-state index in [2.05, 4.69) is 24.6 Å². The molecule has 118 valence electrons. The van der Waals surface area contributed by atoms with Gasteiger partial charge in [0.25, 0.3) is 0 Å². The Kier molecular flexibility index (Phi) is 5.82. The molecule has 1 fully saturated rings. The summed E-state index contributed by atoms with van der Waals surface area (Å²) in [7, 11) is 3.39. The maximum atomic E-state index is 5.51. The van der Waals surface area contributed by atoms with Crippen LogP contribution >= 0.6 is 11.8 Å². The minimum Gasteiger partial charge on any atom is -0.497 e. The van der Waals surface area contributed by atoms with Crippen LogP contribution in [-0.4, -0.2) is 31.8 Å². The first kappa shape index (κ1) is 16.5. The van der Waals surface area contributed by atoms with Gasteiger partial charge in [0.1, 0.15) is 11.5 Å². The maximum absolute atomic E-state index is 5.51. The minimum absolute atomic E-state index is 0.274. The van der Waals surface area contributed by atoms with E-state index in [9.17, 15) is 0 Å². The highest BCUT2D eigenvalue weighted by molar-refractivity contribution is 8.00. The fourth-order valence-corrected chi connectivity index (χ4v) is 4.02. The van der Waals surface area contributed by atoms with E-state index >= 15 is 0 Å². The highest BCUT2D eigenvalue weighted by Crippen LogP contribution is 2.40. The molecule has 1 aromatic carbocycles. The Morgan fingerprint density at radius 2 is 1.95 bits per heavy atom. The Bertz CT molecular complexity index is 458. The number of hydrogen-bond donors (Lipinski definition) is 1. The molecule has 0 aromatic heterocycles. The molecule has 1 aliphatic rings. The molecule has 1 atom stereocenters. The lowest BCUT2D eigenvalue weighted by molar-refractivity contribution is 0.384. The van der Waals surface area contributed by atoms with Crippen molar-refractivity contribution in [1.29, 1.82) is 0 Å². The number of benzene rings is 1. The standard InChI is InChI=1S/C17H27NO2S/c1-13(18-12-17(21-4)9-5-6-10-17)15-8-7-14(19-2)11-16(15)20-3/h7-8,11,13,18H,5-6,9-10,12H2,1-4H3. The van der Waals surface area contributed by atoms with Gasteiger partial charge in [0, 0.05) is 29.0 Å². The lowest BCUT2D eigenvalue weighted by Gasteiger charge is -2.29. The molecule has 1 unspecified atom stereocenters. The van der Waals surface area contributed by atoms with Crippen LogP contribution in [0.1, 0.15) is 44.2 Å². The van der Waals surface area contributed by atoms with Crippen LogP contribution in [0, 0.1) is 0 Å². The van der Waals surface area contributed by atoms with Crippen LogP contribution in [0.2, 0.25) is 0 Å². The number of hydrogen-bond acceptors (Lipinski definition) is 4. The molecular weight excluding hydrogens is 282 g/mol. The molecule has 0 bridgehead atoms. The number of nitrogens with one attached hydrogen (secondary N) is 1. The number of thioether (sulfide) groups is 1. The molecule has 0 saturated heterocycles. The van der Waals surface area contributed by atoms with Crippen molar-refractivity contribution in [2.75, 3.05) is 27.0 Å². The van der Waals surface area contributed by atoms with E-state index in [0.29, 0.717) is 4.75 Å². The normalized spacial score (nSPS) is 18.5. The van der Waals surface area contributed by atoms with E-state index in [-0.39, 0.29) is 6.04 Å². The highest BCUT2D eigenvalue weighted by atomic mass is 32.2. The zero-order valence-electron chi connectivity index (χ0n) is 13.6. The molecule has 0 heterocycles. The van der Waals surface area contributed by atoms with Crippen LogP contribution in [0.3, 0.4) is 0 Å². The summed E-state index contributed by atoms with van der Waals surface area (Å²) in [6.45, 7) is 3.26. The molecule has 1 N–H and O–H groups in total. The molecule has 1 aliphatic carbocycles. The molecule has 1 aromatic rings. The fourth-order valence-electron chi connectivity index (χ4n) is 3.10. The third kappa shape index (κ3) is 3.86. The van der Waals surface area contributed by atoms with E-state index in [1.54, 1.807) is 14.2 Å². The Balaban J connectivity index is 2.04. The van der Waals surface area contributed by atoms with Gasteiger partial charge in [0.2, 0.25) is 0 Å². The molecule has 0 radical (unpaired) electrons. The summed E-state index contributed by atoms with van der Waals surface area (Å²) in [5.41, 5.74) is 1.19. The van der Waals surface area contributed by atoms with E-state index in [0.717, 1.165) is 18.0 Å². The van der Waals surface area contributed by atoms with E-state index in [1.165, 1.54) is 31.2 Å². The van der Waals surface area contributed by atoms with Gasteiger partial charge >= 0.3 is 0 Å². The van der Waals surface area contributed by atoms with Crippen molar-refractivity contribution in [2.45, 2.75) is 43.4 Å². The average molecular weight is 309 g/mol. The first-order valence-corrected chi connectivity index (χ1v) is 8.87.